The lowest BCUT2D eigenvalue weighted by atomic mass is 9.95. The van der Waals surface area contributed by atoms with Gasteiger partial charge in [-0.25, -0.2) is 8.78 Å². The summed E-state index contributed by atoms with van der Waals surface area (Å²) in [6.07, 6.45) is 0.819. The highest BCUT2D eigenvalue weighted by Gasteiger charge is 2.19. The van der Waals surface area contributed by atoms with Crippen molar-refractivity contribution in [2.75, 3.05) is 11.9 Å². The third kappa shape index (κ3) is 1.39. The summed E-state index contributed by atoms with van der Waals surface area (Å²) in [7, 11) is 0. The first-order valence-electron chi connectivity index (χ1n) is 4.39. The Morgan fingerprint density at radius 1 is 1.38 bits per heavy atom. The van der Waals surface area contributed by atoms with Crippen molar-refractivity contribution in [2.45, 2.75) is 13.3 Å². The van der Waals surface area contributed by atoms with E-state index in [2.05, 4.69) is 12.2 Å². The van der Waals surface area contributed by atoms with Gasteiger partial charge >= 0.3 is 0 Å². The molecule has 0 amide bonds. The molecule has 1 unspecified atom stereocenters. The molecule has 0 saturated carbocycles. The first-order valence-corrected chi connectivity index (χ1v) is 4.39. The molecule has 0 aromatic heterocycles. The minimum absolute atomic E-state index is 0.345. The van der Waals surface area contributed by atoms with Gasteiger partial charge in [-0.15, -0.1) is 0 Å². The van der Waals surface area contributed by atoms with Crippen molar-refractivity contribution in [3.05, 3.63) is 29.3 Å². The molecule has 1 atom stereocenters. The van der Waals surface area contributed by atoms with Crippen LogP contribution < -0.4 is 5.32 Å². The number of rotatable bonds is 0. The number of fused-ring (bicyclic) bond motifs is 1. The standard InChI is InChI=1S/C10H11F2N/c1-6-4-7-2-3-8(11)9(12)10(7)13-5-6/h2-3,6,13H,4-5H2,1H3. The number of halogens is 2. The van der Waals surface area contributed by atoms with Crippen LogP contribution >= 0.6 is 0 Å². The predicted octanol–water partition coefficient (Wildman–Crippen LogP) is 2.57. The molecular formula is C10H11F2N. The van der Waals surface area contributed by atoms with E-state index < -0.39 is 11.6 Å². The van der Waals surface area contributed by atoms with Crippen molar-refractivity contribution in [1.29, 1.82) is 0 Å². The highest BCUT2D eigenvalue weighted by molar-refractivity contribution is 5.54. The average molecular weight is 183 g/mol. The molecule has 1 aromatic carbocycles. The van der Waals surface area contributed by atoms with Crippen molar-refractivity contribution in [2.24, 2.45) is 5.92 Å². The molecule has 1 nitrogen and oxygen atoms in total. The molecule has 0 saturated heterocycles. The number of anilines is 1. The van der Waals surface area contributed by atoms with Crippen LogP contribution in [0.1, 0.15) is 12.5 Å². The molecule has 70 valence electrons. The number of benzene rings is 1. The molecule has 0 fully saturated rings. The summed E-state index contributed by atoms with van der Waals surface area (Å²) in [6, 6.07) is 2.84. The van der Waals surface area contributed by atoms with Crippen molar-refractivity contribution in [3.63, 3.8) is 0 Å². The first-order chi connectivity index (χ1) is 6.18. The zero-order valence-corrected chi connectivity index (χ0v) is 7.40. The van der Waals surface area contributed by atoms with Gasteiger partial charge in [-0.05, 0) is 24.0 Å². The zero-order chi connectivity index (χ0) is 9.42. The molecule has 2 rings (SSSR count). The fraction of sp³-hybridized carbons (Fsp3) is 0.400. The SMILES string of the molecule is CC1CNc2c(ccc(F)c2F)C1. The van der Waals surface area contributed by atoms with E-state index in [-0.39, 0.29) is 0 Å². The topological polar surface area (TPSA) is 12.0 Å². The Morgan fingerprint density at radius 3 is 2.92 bits per heavy atom. The molecule has 1 heterocycles. The van der Waals surface area contributed by atoms with Crippen LogP contribution in [0.2, 0.25) is 0 Å². The van der Waals surface area contributed by atoms with Crippen molar-refractivity contribution in [3.8, 4) is 0 Å². The maximum atomic E-state index is 13.2. The van der Waals surface area contributed by atoms with Crippen LogP contribution in [-0.2, 0) is 6.42 Å². The van der Waals surface area contributed by atoms with Crippen LogP contribution in [0.15, 0.2) is 12.1 Å². The summed E-state index contributed by atoms with van der Waals surface area (Å²) in [5.74, 6) is -1.04. The van der Waals surface area contributed by atoms with Gasteiger partial charge in [0, 0.05) is 6.54 Å². The predicted molar refractivity (Wildman–Crippen MR) is 47.7 cm³/mol. The fourth-order valence-electron chi connectivity index (χ4n) is 1.68. The van der Waals surface area contributed by atoms with Gasteiger partial charge in [0.2, 0.25) is 0 Å². The smallest absolute Gasteiger partial charge is 0.182 e. The van der Waals surface area contributed by atoms with E-state index in [0.29, 0.717) is 18.2 Å². The van der Waals surface area contributed by atoms with Crippen LogP contribution in [0.25, 0.3) is 0 Å². The van der Waals surface area contributed by atoms with Gasteiger partial charge in [-0.1, -0.05) is 13.0 Å². The van der Waals surface area contributed by atoms with Gasteiger partial charge in [0.25, 0.3) is 0 Å². The maximum absolute atomic E-state index is 13.2. The summed E-state index contributed by atoms with van der Waals surface area (Å²) >= 11 is 0. The normalized spacial score (nSPS) is 20.7. The second kappa shape index (κ2) is 2.98. The van der Waals surface area contributed by atoms with Crippen molar-refractivity contribution < 1.29 is 8.78 Å². The molecular weight excluding hydrogens is 172 g/mol. The quantitative estimate of drug-likeness (QED) is 0.651. The molecule has 0 aliphatic carbocycles. The minimum Gasteiger partial charge on any atom is -0.382 e. The van der Waals surface area contributed by atoms with E-state index in [4.69, 9.17) is 0 Å². The van der Waals surface area contributed by atoms with Gasteiger partial charge in [0.05, 0.1) is 5.69 Å². The third-order valence-corrected chi connectivity index (χ3v) is 2.38. The van der Waals surface area contributed by atoms with Crippen LogP contribution in [0.3, 0.4) is 0 Å². The molecule has 0 bridgehead atoms. The summed E-state index contributed by atoms with van der Waals surface area (Å²) in [5.41, 5.74) is 1.22. The summed E-state index contributed by atoms with van der Waals surface area (Å²) in [5, 5.41) is 2.91. The molecule has 13 heavy (non-hydrogen) atoms. The zero-order valence-electron chi connectivity index (χ0n) is 7.40. The molecule has 1 aliphatic heterocycles. The highest BCUT2D eigenvalue weighted by atomic mass is 19.2. The van der Waals surface area contributed by atoms with Crippen LogP contribution in [-0.4, -0.2) is 6.54 Å². The number of nitrogens with one attached hydrogen (secondary N) is 1. The Morgan fingerprint density at radius 2 is 2.15 bits per heavy atom. The molecule has 1 N–H and O–H groups in total. The maximum Gasteiger partial charge on any atom is 0.182 e. The number of hydrogen-bond donors (Lipinski definition) is 1. The molecule has 3 heteroatoms. The Kier molecular flexibility index (Phi) is 1.94. The Balaban J connectivity index is 2.47. The van der Waals surface area contributed by atoms with Gasteiger partial charge in [0.15, 0.2) is 11.6 Å². The summed E-state index contributed by atoms with van der Waals surface area (Å²) in [6.45, 7) is 2.80. The third-order valence-electron chi connectivity index (χ3n) is 2.38. The molecule has 1 aliphatic rings. The lowest BCUT2D eigenvalue weighted by Gasteiger charge is -2.23. The Bertz CT molecular complexity index is 336. The van der Waals surface area contributed by atoms with E-state index in [1.165, 1.54) is 6.07 Å². The van der Waals surface area contributed by atoms with E-state index in [1.54, 1.807) is 6.07 Å². The monoisotopic (exact) mass is 183 g/mol. The lowest BCUT2D eigenvalue weighted by Crippen LogP contribution is -2.21. The van der Waals surface area contributed by atoms with Crippen LogP contribution in [0.4, 0.5) is 14.5 Å². The van der Waals surface area contributed by atoms with Crippen LogP contribution in [0, 0.1) is 17.6 Å². The van der Waals surface area contributed by atoms with Crippen LogP contribution in [0.5, 0.6) is 0 Å². The van der Waals surface area contributed by atoms with E-state index >= 15 is 0 Å². The van der Waals surface area contributed by atoms with Crippen molar-refractivity contribution in [1.82, 2.24) is 0 Å². The van der Waals surface area contributed by atoms with Gasteiger partial charge in [-0.2, -0.15) is 0 Å². The Labute approximate surface area is 75.8 Å². The fourth-order valence-corrected chi connectivity index (χ4v) is 1.68. The Hall–Kier alpha value is -1.12. The van der Waals surface area contributed by atoms with E-state index in [1.807, 2.05) is 0 Å². The minimum atomic E-state index is -0.777. The number of hydrogen-bond acceptors (Lipinski definition) is 1. The van der Waals surface area contributed by atoms with E-state index in [0.717, 1.165) is 12.0 Å². The van der Waals surface area contributed by atoms with Crippen molar-refractivity contribution >= 4 is 5.69 Å². The first kappa shape index (κ1) is 8.48. The lowest BCUT2D eigenvalue weighted by molar-refractivity contribution is 0.500. The molecule has 0 radical (unpaired) electrons. The summed E-state index contributed by atoms with van der Waals surface area (Å²) in [4.78, 5) is 0. The molecule has 1 aromatic rings. The highest BCUT2D eigenvalue weighted by Crippen LogP contribution is 2.28. The second-order valence-electron chi connectivity index (χ2n) is 3.59. The average Bonchev–Trinajstić information content (AvgIpc) is 2.12. The van der Waals surface area contributed by atoms with E-state index in [9.17, 15) is 8.78 Å². The largest absolute Gasteiger partial charge is 0.382 e. The molecule has 0 spiro atoms. The summed E-state index contributed by atoms with van der Waals surface area (Å²) < 4.78 is 26.0. The van der Waals surface area contributed by atoms with Gasteiger partial charge < -0.3 is 5.32 Å². The van der Waals surface area contributed by atoms with Gasteiger partial charge in [-0.3, -0.25) is 0 Å². The van der Waals surface area contributed by atoms with Gasteiger partial charge in [0.1, 0.15) is 0 Å². The second-order valence-corrected chi connectivity index (χ2v) is 3.59.